The van der Waals surface area contributed by atoms with Gasteiger partial charge in [-0.1, -0.05) is 29.8 Å². The van der Waals surface area contributed by atoms with E-state index in [-0.39, 0.29) is 11.3 Å². The van der Waals surface area contributed by atoms with Gasteiger partial charge in [0.05, 0.1) is 7.11 Å². The first-order valence-corrected chi connectivity index (χ1v) is 11.8. The number of rotatable bonds is 5. The molecule has 1 amide bonds. The zero-order valence-corrected chi connectivity index (χ0v) is 19.6. The number of piperazine rings is 1. The third-order valence-corrected chi connectivity index (χ3v) is 7.48. The molecule has 2 fully saturated rings. The van der Waals surface area contributed by atoms with E-state index in [9.17, 15) is 4.79 Å². The molecule has 3 aliphatic rings. The third kappa shape index (κ3) is 4.04. The molecule has 1 atom stereocenters. The number of fused-ring (bicyclic) bond motifs is 2. The van der Waals surface area contributed by atoms with Gasteiger partial charge in [-0.25, -0.2) is 0 Å². The summed E-state index contributed by atoms with van der Waals surface area (Å²) >= 11 is 6.27. The fourth-order valence-corrected chi connectivity index (χ4v) is 5.33. The first-order chi connectivity index (χ1) is 15.5. The van der Waals surface area contributed by atoms with E-state index in [0.29, 0.717) is 6.42 Å². The summed E-state index contributed by atoms with van der Waals surface area (Å²) in [6.45, 7) is 3.34. The number of carbonyl (C=O) groups excluding carboxylic acids is 1. The number of benzene rings is 2. The van der Waals surface area contributed by atoms with Gasteiger partial charge in [0, 0.05) is 55.2 Å². The van der Waals surface area contributed by atoms with Crippen LogP contribution < -0.4 is 4.74 Å². The molecule has 1 spiro atoms. The summed E-state index contributed by atoms with van der Waals surface area (Å²) in [6.07, 6.45) is 3.62. The molecule has 1 aliphatic heterocycles. The van der Waals surface area contributed by atoms with Crippen molar-refractivity contribution in [2.24, 2.45) is 4.99 Å². The molecule has 1 saturated heterocycles. The predicted molar refractivity (Wildman–Crippen MR) is 128 cm³/mol. The molecule has 2 aromatic carbocycles. The molecular weight excluding hydrogens is 422 g/mol. The topological polar surface area (TPSA) is 45.1 Å². The number of hydrogen-bond acceptors (Lipinski definition) is 4. The lowest BCUT2D eigenvalue weighted by Crippen LogP contribution is -2.50. The minimum Gasteiger partial charge on any atom is -0.497 e. The molecule has 1 heterocycles. The third-order valence-electron chi connectivity index (χ3n) is 7.24. The Kier molecular flexibility index (Phi) is 5.72. The molecule has 2 aromatic rings. The lowest BCUT2D eigenvalue weighted by atomic mass is 9.96. The van der Waals surface area contributed by atoms with Crippen LogP contribution in [0.5, 0.6) is 5.75 Å². The zero-order chi connectivity index (χ0) is 22.3. The van der Waals surface area contributed by atoms with Crippen LogP contribution in [0.1, 0.15) is 29.5 Å². The van der Waals surface area contributed by atoms with Crippen molar-refractivity contribution in [3.63, 3.8) is 0 Å². The van der Waals surface area contributed by atoms with Gasteiger partial charge < -0.3 is 14.5 Å². The van der Waals surface area contributed by atoms with Crippen molar-refractivity contribution in [2.75, 3.05) is 40.3 Å². The lowest BCUT2D eigenvalue weighted by molar-refractivity contribution is -0.134. The molecule has 6 heteroatoms. The van der Waals surface area contributed by atoms with Gasteiger partial charge in [0.2, 0.25) is 5.91 Å². The molecule has 168 valence electrons. The van der Waals surface area contributed by atoms with E-state index in [2.05, 4.69) is 24.1 Å². The van der Waals surface area contributed by atoms with Crippen LogP contribution in [-0.4, -0.2) is 67.8 Å². The first-order valence-electron chi connectivity index (χ1n) is 11.4. The minimum absolute atomic E-state index is 0.0283. The molecule has 32 heavy (non-hydrogen) atoms. The Morgan fingerprint density at radius 3 is 2.50 bits per heavy atom. The summed E-state index contributed by atoms with van der Waals surface area (Å²) in [5.74, 6) is 0.966. The monoisotopic (exact) mass is 451 g/mol. The van der Waals surface area contributed by atoms with Gasteiger partial charge in [-0.05, 0) is 60.8 Å². The maximum Gasteiger partial charge on any atom is 0.247 e. The highest BCUT2D eigenvalue weighted by Gasteiger charge is 2.53. The fourth-order valence-electron chi connectivity index (χ4n) is 5.13. The van der Waals surface area contributed by atoms with Crippen molar-refractivity contribution in [1.29, 1.82) is 0 Å². The van der Waals surface area contributed by atoms with Crippen molar-refractivity contribution in [3.8, 4) is 5.75 Å². The van der Waals surface area contributed by atoms with Gasteiger partial charge in [-0.15, -0.1) is 0 Å². The van der Waals surface area contributed by atoms with Gasteiger partial charge in [-0.3, -0.25) is 9.79 Å². The van der Waals surface area contributed by atoms with E-state index in [1.807, 2.05) is 35.2 Å². The zero-order valence-electron chi connectivity index (χ0n) is 18.8. The van der Waals surface area contributed by atoms with E-state index in [1.54, 1.807) is 7.11 Å². The standard InChI is InChI=1S/C26H30ClN3O2/c1-29-11-13-30(14-12-29)25(31)23(15-18-3-6-21(32-2)7-4-18)28-24-17-19-16-20(27)5-8-22(19)26(24)9-10-26/h3-8,16,23H,9-15,17H2,1-2H3. The summed E-state index contributed by atoms with van der Waals surface area (Å²) < 4.78 is 5.30. The second kappa shape index (κ2) is 8.53. The Morgan fingerprint density at radius 1 is 1.12 bits per heavy atom. The lowest BCUT2D eigenvalue weighted by Gasteiger charge is -2.34. The number of carbonyl (C=O) groups is 1. The second-order valence-electron chi connectivity index (χ2n) is 9.33. The van der Waals surface area contributed by atoms with Crippen LogP contribution in [0, 0.1) is 0 Å². The number of ether oxygens (including phenoxy) is 1. The Labute approximate surface area is 195 Å². The molecule has 5 nitrogen and oxygen atoms in total. The molecule has 0 aromatic heterocycles. The van der Waals surface area contributed by atoms with Gasteiger partial charge >= 0.3 is 0 Å². The SMILES string of the molecule is COc1ccc(CC(N=C2Cc3cc(Cl)ccc3C23CC3)C(=O)N2CCN(C)CC2)cc1. The van der Waals surface area contributed by atoms with E-state index >= 15 is 0 Å². The van der Waals surface area contributed by atoms with E-state index in [4.69, 9.17) is 21.3 Å². The summed E-state index contributed by atoms with van der Waals surface area (Å²) in [5.41, 5.74) is 4.92. The van der Waals surface area contributed by atoms with Crippen molar-refractivity contribution in [1.82, 2.24) is 9.80 Å². The van der Waals surface area contributed by atoms with Gasteiger partial charge in [-0.2, -0.15) is 0 Å². The summed E-state index contributed by atoms with van der Waals surface area (Å²) in [4.78, 5) is 23.1. The number of methoxy groups -OCH3 is 1. The average Bonchev–Trinajstić information content (AvgIpc) is 3.54. The number of amides is 1. The molecule has 0 radical (unpaired) electrons. The van der Waals surface area contributed by atoms with Crippen LogP contribution in [0.4, 0.5) is 0 Å². The molecule has 2 aliphatic carbocycles. The van der Waals surface area contributed by atoms with Crippen LogP contribution in [0.3, 0.4) is 0 Å². The Morgan fingerprint density at radius 2 is 1.84 bits per heavy atom. The molecule has 0 N–H and O–H groups in total. The second-order valence-corrected chi connectivity index (χ2v) is 9.77. The number of hydrogen-bond donors (Lipinski definition) is 0. The Hall–Kier alpha value is -2.37. The molecular formula is C26H30ClN3O2. The maximum absolute atomic E-state index is 13.6. The van der Waals surface area contributed by atoms with Crippen molar-refractivity contribution in [2.45, 2.75) is 37.1 Å². The largest absolute Gasteiger partial charge is 0.497 e. The quantitative estimate of drug-likeness (QED) is 0.695. The number of aliphatic imine (C=N–C) groups is 1. The molecule has 0 bridgehead atoms. The van der Waals surface area contributed by atoms with Gasteiger partial charge in [0.15, 0.2) is 0 Å². The van der Waals surface area contributed by atoms with Crippen molar-refractivity contribution < 1.29 is 9.53 Å². The number of halogens is 1. The Balaban J connectivity index is 1.45. The highest BCUT2D eigenvalue weighted by Crippen LogP contribution is 2.55. The Bertz CT molecular complexity index is 1040. The van der Waals surface area contributed by atoms with Crippen LogP contribution in [0.2, 0.25) is 5.02 Å². The van der Waals surface area contributed by atoms with Gasteiger partial charge in [0.1, 0.15) is 11.8 Å². The van der Waals surface area contributed by atoms with Crippen LogP contribution in [0.15, 0.2) is 47.5 Å². The summed E-state index contributed by atoms with van der Waals surface area (Å²) in [5, 5.41) is 0.768. The predicted octanol–water partition coefficient (Wildman–Crippen LogP) is 3.76. The highest BCUT2D eigenvalue weighted by molar-refractivity contribution is 6.30. The normalized spacial score (nSPS) is 21.6. The molecule has 5 rings (SSSR count). The van der Waals surface area contributed by atoms with E-state index in [1.165, 1.54) is 11.1 Å². The molecule has 1 saturated carbocycles. The van der Waals surface area contributed by atoms with Crippen LogP contribution in [0.25, 0.3) is 0 Å². The van der Waals surface area contributed by atoms with Crippen LogP contribution in [-0.2, 0) is 23.1 Å². The van der Waals surface area contributed by atoms with Gasteiger partial charge in [0.25, 0.3) is 0 Å². The van der Waals surface area contributed by atoms with Crippen LogP contribution >= 0.6 is 11.6 Å². The minimum atomic E-state index is -0.399. The number of nitrogens with zero attached hydrogens (tertiary/aromatic N) is 3. The van der Waals surface area contributed by atoms with E-state index < -0.39 is 6.04 Å². The van der Waals surface area contributed by atoms with Crippen molar-refractivity contribution >= 4 is 23.2 Å². The van der Waals surface area contributed by atoms with Crippen molar-refractivity contribution in [3.05, 3.63) is 64.2 Å². The summed E-state index contributed by atoms with van der Waals surface area (Å²) in [7, 11) is 3.77. The maximum atomic E-state index is 13.6. The molecule has 1 unspecified atom stereocenters. The highest BCUT2D eigenvalue weighted by atomic mass is 35.5. The first kappa shape index (κ1) is 21.5. The average molecular weight is 452 g/mol. The number of likely N-dealkylation sites (N-methyl/N-ethyl adjacent to an activating group) is 1. The van der Waals surface area contributed by atoms with E-state index in [0.717, 1.165) is 67.5 Å². The fraction of sp³-hybridized carbons (Fsp3) is 0.462. The summed E-state index contributed by atoms with van der Waals surface area (Å²) in [6, 6.07) is 13.8. The smallest absolute Gasteiger partial charge is 0.247 e.